The Morgan fingerprint density at radius 1 is 0.659 bits per heavy atom. The van der Waals surface area contributed by atoms with Gasteiger partial charge in [-0.2, -0.15) is 0 Å². The van der Waals surface area contributed by atoms with Gasteiger partial charge in [-0.05, 0) is 48.5 Å². The quantitative estimate of drug-likeness (QED) is 0.285. The molecule has 2 aliphatic rings. The molecule has 0 aliphatic carbocycles. The maximum absolute atomic E-state index is 14.4. The van der Waals surface area contributed by atoms with E-state index in [0.717, 1.165) is 17.8 Å². The molecule has 5 heterocycles. The van der Waals surface area contributed by atoms with E-state index in [1.165, 1.54) is 12.1 Å². The lowest BCUT2D eigenvalue weighted by atomic mass is 9.96. The Bertz CT molecular complexity index is 1810. The largest absolute Gasteiger partial charge is 0.449 e. The molecule has 1 N–H and O–H groups in total. The van der Waals surface area contributed by atoms with E-state index in [4.69, 9.17) is 8.83 Å². The first kappa shape index (κ1) is 27.5. The highest BCUT2D eigenvalue weighted by molar-refractivity contribution is 6.20. The van der Waals surface area contributed by atoms with Gasteiger partial charge in [-0.15, -0.1) is 0 Å². The molecule has 0 atom stereocenters. The van der Waals surface area contributed by atoms with Crippen molar-refractivity contribution in [3.8, 4) is 0 Å². The minimum atomic E-state index is -0.599. The van der Waals surface area contributed by atoms with Gasteiger partial charge in [0.25, 0.3) is 11.8 Å². The van der Waals surface area contributed by atoms with Crippen LogP contribution in [0.15, 0.2) is 88.2 Å². The van der Waals surface area contributed by atoms with Gasteiger partial charge in [0.05, 0.1) is 18.1 Å². The van der Waals surface area contributed by atoms with Gasteiger partial charge in [0.1, 0.15) is 5.82 Å². The second kappa shape index (κ2) is 11.4. The lowest BCUT2D eigenvalue weighted by molar-refractivity contribution is 0.0736. The Labute approximate surface area is 252 Å². The smallest absolute Gasteiger partial charge is 0.254 e. The van der Waals surface area contributed by atoms with E-state index in [9.17, 15) is 18.8 Å². The molecule has 0 saturated carbocycles. The summed E-state index contributed by atoms with van der Waals surface area (Å²) >= 11 is 0. The number of nitrogens with zero attached hydrogens (tertiary/aromatic N) is 4. The molecule has 7 rings (SSSR count). The van der Waals surface area contributed by atoms with Gasteiger partial charge in [-0.3, -0.25) is 14.4 Å². The minimum absolute atomic E-state index is 0.0115. The number of aromatic amines is 1. The molecule has 2 saturated heterocycles. The first-order valence-electron chi connectivity index (χ1n) is 14.6. The summed E-state index contributed by atoms with van der Waals surface area (Å²) in [6, 6.07) is 16.3. The van der Waals surface area contributed by atoms with Crippen LogP contribution in [0.4, 0.5) is 16.2 Å². The first-order valence-corrected chi connectivity index (χ1v) is 14.6. The van der Waals surface area contributed by atoms with Crippen LogP contribution in [0.5, 0.6) is 0 Å². The number of nitrogens with one attached hydrogen (secondary N) is 1. The van der Waals surface area contributed by atoms with E-state index in [1.807, 2.05) is 29.2 Å². The summed E-state index contributed by atoms with van der Waals surface area (Å²) in [6.45, 7) is 4.27. The molecule has 0 unspecified atom stereocenters. The Morgan fingerprint density at radius 3 is 1.86 bits per heavy atom. The number of benzene rings is 2. The van der Waals surface area contributed by atoms with Gasteiger partial charge < -0.3 is 33.4 Å². The number of amides is 2. The maximum Gasteiger partial charge on any atom is 0.254 e. The standard InChI is InChI=1S/C33H30FN5O5/c34-23-6-7-24(26(20-23)33(42)39-15-11-37(12-16-39)30-4-2-18-44-30)31(40)27-21-35-28-8-5-22(19-25(27)28)32(41)38-13-9-36(10-14-38)29-3-1-17-43-29/h1-8,17-21,35H,9-16H2. The molecule has 0 radical (unpaired) electrons. The van der Waals surface area contributed by atoms with E-state index < -0.39 is 17.5 Å². The SMILES string of the molecule is O=C(c1ccc(F)cc1C(=O)N1CCN(c2ccco2)CC1)c1c[nH]c2ccc(C(=O)N3CCN(c4ccco4)CC3)cc12. The number of H-pyrrole nitrogens is 1. The zero-order valence-corrected chi connectivity index (χ0v) is 23.9. The predicted octanol–water partition coefficient (Wildman–Crippen LogP) is 4.65. The van der Waals surface area contributed by atoms with Crippen molar-refractivity contribution in [3.05, 3.63) is 107 Å². The molecule has 0 spiro atoms. The molecular weight excluding hydrogens is 565 g/mol. The van der Waals surface area contributed by atoms with E-state index >= 15 is 0 Å². The summed E-state index contributed by atoms with van der Waals surface area (Å²) in [4.78, 5) is 51.6. The van der Waals surface area contributed by atoms with E-state index in [1.54, 1.807) is 46.7 Å². The van der Waals surface area contributed by atoms with Gasteiger partial charge in [-0.1, -0.05) is 0 Å². The fourth-order valence-corrected chi connectivity index (χ4v) is 5.99. The maximum atomic E-state index is 14.4. The predicted molar refractivity (Wildman–Crippen MR) is 162 cm³/mol. The number of aromatic nitrogens is 1. The number of rotatable bonds is 6. The second-order valence-electron chi connectivity index (χ2n) is 10.9. The highest BCUT2D eigenvalue weighted by Gasteiger charge is 2.29. The fourth-order valence-electron chi connectivity index (χ4n) is 5.99. The number of furan rings is 2. The fraction of sp³-hybridized carbons (Fsp3) is 0.242. The van der Waals surface area contributed by atoms with Crippen LogP contribution in [0.1, 0.15) is 36.6 Å². The van der Waals surface area contributed by atoms with Crippen molar-refractivity contribution < 1.29 is 27.6 Å². The average molecular weight is 596 g/mol. The Kier molecular flexibility index (Phi) is 7.13. The van der Waals surface area contributed by atoms with Crippen molar-refractivity contribution in [1.82, 2.24) is 14.8 Å². The number of ketones is 1. The molecule has 2 amide bonds. The normalized spacial score (nSPS) is 15.7. The van der Waals surface area contributed by atoms with Crippen LogP contribution in [0.3, 0.4) is 0 Å². The summed E-state index contributed by atoms with van der Waals surface area (Å²) in [6.07, 6.45) is 4.81. The monoisotopic (exact) mass is 595 g/mol. The highest BCUT2D eigenvalue weighted by Crippen LogP contribution is 2.27. The zero-order chi connectivity index (χ0) is 30.2. The molecule has 2 aliphatic heterocycles. The van der Waals surface area contributed by atoms with Gasteiger partial charge in [0.2, 0.25) is 0 Å². The molecular formula is C33H30FN5O5. The average Bonchev–Trinajstić information content (AvgIpc) is 3.87. The molecule has 2 fully saturated rings. The van der Waals surface area contributed by atoms with Gasteiger partial charge in [-0.25, -0.2) is 4.39 Å². The molecule has 44 heavy (non-hydrogen) atoms. The van der Waals surface area contributed by atoms with Crippen LogP contribution in [-0.2, 0) is 0 Å². The molecule has 2 aromatic carbocycles. The summed E-state index contributed by atoms with van der Waals surface area (Å²) in [5.41, 5.74) is 1.56. The zero-order valence-electron chi connectivity index (χ0n) is 23.9. The van der Waals surface area contributed by atoms with Crippen molar-refractivity contribution in [1.29, 1.82) is 0 Å². The summed E-state index contributed by atoms with van der Waals surface area (Å²) in [5, 5.41) is 0.560. The highest BCUT2D eigenvalue weighted by atomic mass is 19.1. The van der Waals surface area contributed by atoms with Crippen molar-refractivity contribution in [3.63, 3.8) is 0 Å². The van der Waals surface area contributed by atoms with Crippen molar-refractivity contribution in [2.45, 2.75) is 0 Å². The number of carbonyl (C=O) groups excluding carboxylic acids is 3. The molecule has 0 bridgehead atoms. The lowest BCUT2D eigenvalue weighted by Gasteiger charge is -2.34. The van der Waals surface area contributed by atoms with Gasteiger partial charge in [0, 0.05) is 98.3 Å². The van der Waals surface area contributed by atoms with E-state index in [0.29, 0.717) is 74.4 Å². The van der Waals surface area contributed by atoms with Crippen LogP contribution >= 0.6 is 0 Å². The molecule has 3 aromatic heterocycles. The van der Waals surface area contributed by atoms with Gasteiger partial charge >= 0.3 is 0 Å². The van der Waals surface area contributed by atoms with Crippen LogP contribution in [0, 0.1) is 5.82 Å². The van der Waals surface area contributed by atoms with Crippen LogP contribution in [-0.4, -0.2) is 84.7 Å². The number of piperazine rings is 2. The van der Waals surface area contributed by atoms with Crippen LogP contribution in [0.2, 0.25) is 0 Å². The number of fused-ring (bicyclic) bond motifs is 1. The Hall–Kier alpha value is -5.32. The van der Waals surface area contributed by atoms with Crippen LogP contribution in [0.25, 0.3) is 10.9 Å². The van der Waals surface area contributed by atoms with Crippen LogP contribution < -0.4 is 9.80 Å². The van der Waals surface area contributed by atoms with Crippen molar-refractivity contribution in [2.75, 3.05) is 62.2 Å². The number of anilines is 2. The third kappa shape index (κ3) is 5.10. The topological polar surface area (TPSA) is 106 Å². The summed E-state index contributed by atoms with van der Waals surface area (Å²) in [5.74, 6) is -0.0485. The lowest BCUT2D eigenvalue weighted by Crippen LogP contribution is -2.49. The Morgan fingerprint density at radius 2 is 1.27 bits per heavy atom. The number of halogens is 1. The number of carbonyl (C=O) groups is 3. The molecule has 224 valence electrons. The molecule has 5 aromatic rings. The Balaban J connectivity index is 1.11. The first-order chi connectivity index (χ1) is 21.5. The van der Waals surface area contributed by atoms with E-state index in [2.05, 4.69) is 9.88 Å². The molecule has 10 nitrogen and oxygen atoms in total. The molecule has 11 heteroatoms. The minimum Gasteiger partial charge on any atom is -0.449 e. The number of hydrogen-bond acceptors (Lipinski definition) is 7. The second-order valence-corrected chi connectivity index (χ2v) is 10.9. The van der Waals surface area contributed by atoms with E-state index in [-0.39, 0.29) is 17.0 Å². The third-order valence-electron chi connectivity index (χ3n) is 8.40. The summed E-state index contributed by atoms with van der Waals surface area (Å²) in [7, 11) is 0. The van der Waals surface area contributed by atoms with Gasteiger partial charge in [0.15, 0.2) is 17.6 Å². The van der Waals surface area contributed by atoms with Crippen molar-refractivity contribution >= 4 is 40.3 Å². The summed E-state index contributed by atoms with van der Waals surface area (Å²) < 4.78 is 25.4. The van der Waals surface area contributed by atoms with Crippen molar-refractivity contribution in [2.24, 2.45) is 0 Å². The third-order valence-corrected chi connectivity index (χ3v) is 8.40. The number of hydrogen-bond donors (Lipinski definition) is 1.